The van der Waals surface area contributed by atoms with E-state index in [0.717, 1.165) is 76.1 Å². The van der Waals surface area contributed by atoms with Crippen LogP contribution in [0.2, 0.25) is 0 Å². The van der Waals surface area contributed by atoms with Crippen LogP contribution < -0.4 is 15.5 Å². The van der Waals surface area contributed by atoms with Crippen molar-refractivity contribution in [1.29, 1.82) is 0 Å². The summed E-state index contributed by atoms with van der Waals surface area (Å²) >= 11 is 0. The smallest absolute Gasteiger partial charge is 0.220 e. The van der Waals surface area contributed by atoms with Gasteiger partial charge >= 0.3 is 0 Å². The predicted octanol–water partition coefficient (Wildman–Crippen LogP) is 1.85. The lowest BCUT2D eigenvalue weighted by Crippen LogP contribution is -2.46. The molecule has 1 amide bonds. The van der Waals surface area contributed by atoms with E-state index in [1.807, 2.05) is 12.3 Å². The van der Waals surface area contributed by atoms with E-state index in [2.05, 4.69) is 38.4 Å². The Labute approximate surface area is 196 Å². The van der Waals surface area contributed by atoms with Gasteiger partial charge in [0, 0.05) is 58.0 Å². The molecule has 168 valence electrons. The Hall–Kier alpha value is -1.62. The molecule has 1 aromatic heterocycles. The Bertz CT molecular complexity index is 688. The number of morpholine rings is 1. The zero-order valence-electron chi connectivity index (χ0n) is 18.1. The van der Waals surface area contributed by atoms with E-state index < -0.39 is 0 Å². The summed E-state index contributed by atoms with van der Waals surface area (Å²) in [5, 5.41) is 6.16. The highest BCUT2D eigenvalue weighted by Gasteiger charge is 2.23. The molecule has 8 nitrogen and oxygen atoms in total. The molecule has 0 radical (unpaired) electrons. The van der Waals surface area contributed by atoms with E-state index in [4.69, 9.17) is 9.73 Å². The lowest BCUT2D eigenvalue weighted by atomic mass is 9.93. The summed E-state index contributed by atoms with van der Waals surface area (Å²) < 4.78 is 5.47. The van der Waals surface area contributed by atoms with Crippen LogP contribution in [0.5, 0.6) is 0 Å². The number of pyridine rings is 1. The summed E-state index contributed by atoms with van der Waals surface area (Å²) in [5.74, 6) is 2.55. The maximum atomic E-state index is 11.6. The van der Waals surface area contributed by atoms with Crippen LogP contribution in [0.4, 0.5) is 5.82 Å². The Morgan fingerprint density at radius 3 is 2.67 bits per heavy atom. The second-order valence-electron chi connectivity index (χ2n) is 7.56. The Morgan fingerprint density at radius 1 is 1.27 bits per heavy atom. The second kappa shape index (κ2) is 12.9. The first kappa shape index (κ1) is 24.6. The molecule has 9 heteroatoms. The molecular weight excluding hydrogens is 495 g/mol. The highest BCUT2D eigenvalue weighted by Crippen LogP contribution is 2.22. The van der Waals surface area contributed by atoms with Gasteiger partial charge in [0.1, 0.15) is 5.82 Å². The van der Waals surface area contributed by atoms with Crippen molar-refractivity contribution in [3.8, 4) is 0 Å². The van der Waals surface area contributed by atoms with Gasteiger partial charge in [-0.3, -0.25) is 4.79 Å². The number of hydrogen-bond acceptors (Lipinski definition) is 5. The molecule has 0 unspecified atom stereocenters. The van der Waals surface area contributed by atoms with Gasteiger partial charge in [-0.15, -0.1) is 24.0 Å². The van der Waals surface area contributed by atoms with E-state index in [1.54, 1.807) is 7.05 Å². The van der Waals surface area contributed by atoms with Crippen LogP contribution in [0.25, 0.3) is 0 Å². The molecule has 0 bridgehead atoms. The average Bonchev–Trinajstić information content (AvgIpc) is 2.78. The minimum atomic E-state index is 0. The van der Waals surface area contributed by atoms with E-state index in [9.17, 15) is 4.79 Å². The molecule has 30 heavy (non-hydrogen) atoms. The molecule has 2 saturated heterocycles. The molecule has 1 aromatic rings. The van der Waals surface area contributed by atoms with Gasteiger partial charge in [0.25, 0.3) is 0 Å². The SMILES string of the molecule is CCNC(=NCc1cccnc1N1CCOCC1)N1CCC(CC(=O)NC)CC1.I. The third-order valence-electron chi connectivity index (χ3n) is 5.58. The van der Waals surface area contributed by atoms with Crippen molar-refractivity contribution in [2.24, 2.45) is 10.9 Å². The lowest BCUT2D eigenvalue weighted by molar-refractivity contribution is -0.121. The number of guanidine groups is 1. The summed E-state index contributed by atoms with van der Waals surface area (Å²) in [6.07, 6.45) is 4.50. The zero-order valence-corrected chi connectivity index (χ0v) is 20.4. The highest BCUT2D eigenvalue weighted by molar-refractivity contribution is 14.0. The van der Waals surface area contributed by atoms with Gasteiger partial charge in [-0.05, 0) is 31.7 Å². The maximum absolute atomic E-state index is 11.6. The number of aromatic nitrogens is 1. The van der Waals surface area contributed by atoms with E-state index >= 15 is 0 Å². The number of rotatable bonds is 6. The fourth-order valence-corrected chi connectivity index (χ4v) is 3.91. The summed E-state index contributed by atoms with van der Waals surface area (Å²) in [7, 11) is 1.71. The Kier molecular flexibility index (Phi) is 10.6. The van der Waals surface area contributed by atoms with Gasteiger partial charge in [-0.25, -0.2) is 9.98 Å². The monoisotopic (exact) mass is 530 g/mol. The number of anilines is 1. The van der Waals surface area contributed by atoms with Gasteiger partial charge in [0.15, 0.2) is 5.96 Å². The van der Waals surface area contributed by atoms with Crippen LogP contribution in [-0.2, 0) is 16.1 Å². The second-order valence-corrected chi connectivity index (χ2v) is 7.56. The lowest BCUT2D eigenvalue weighted by Gasteiger charge is -2.34. The maximum Gasteiger partial charge on any atom is 0.220 e. The van der Waals surface area contributed by atoms with Gasteiger partial charge in [0.05, 0.1) is 19.8 Å². The first-order valence-electron chi connectivity index (χ1n) is 10.7. The van der Waals surface area contributed by atoms with E-state index in [-0.39, 0.29) is 29.9 Å². The van der Waals surface area contributed by atoms with Crippen LogP contribution in [0.1, 0.15) is 31.7 Å². The molecule has 0 atom stereocenters. The van der Waals surface area contributed by atoms with Crippen molar-refractivity contribution in [3.05, 3.63) is 23.9 Å². The highest BCUT2D eigenvalue weighted by atomic mass is 127. The fourth-order valence-electron chi connectivity index (χ4n) is 3.91. The fraction of sp³-hybridized carbons (Fsp3) is 0.667. The van der Waals surface area contributed by atoms with Gasteiger partial charge in [-0.2, -0.15) is 0 Å². The molecule has 2 fully saturated rings. The number of halogens is 1. The number of carbonyl (C=O) groups excluding carboxylic acids is 1. The predicted molar refractivity (Wildman–Crippen MR) is 130 cm³/mol. The molecule has 0 spiro atoms. The molecule has 2 aliphatic rings. The third kappa shape index (κ3) is 6.97. The van der Waals surface area contributed by atoms with Crippen molar-refractivity contribution in [3.63, 3.8) is 0 Å². The zero-order chi connectivity index (χ0) is 20.5. The first-order valence-corrected chi connectivity index (χ1v) is 10.7. The summed E-state index contributed by atoms with van der Waals surface area (Å²) in [6, 6.07) is 4.09. The molecule has 0 saturated carbocycles. The van der Waals surface area contributed by atoms with Crippen molar-refractivity contribution in [2.45, 2.75) is 32.7 Å². The van der Waals surface area contributed by atoms with Gasteiger partial charge in [0.2, 0.25) is 5.91 Å². The third-order valence-corrected chi connectivity index (χ3v) is 5.58. The molecule has 3 rings (SSSR count). The number of likely N-dealkylation sites (tertiary alicyclic amines) is 1. The average molecular weight is 530 g/mol. The molecule has 2 N–H and O–H groups in total. The number of carbonyl (C=O) groups is 1. The largest absolute Gasteiger partial charge is 0.378 e. The van der Waals surface area contributed by atoms with Crippen LogP contribution in [-0.4, -0.2) is 74.7 Å². The summed E-state index contributed by atoms with van der Waals surface area (Å²) in [6.45, 7) is 8.60. The van der Waals surface area contributed by atoms with Crippen molar-refractivity contribution in [1.82, 2.24) is 20.5 Å². The number of hydrogen-bond donors (Lipinski definition) is 2. The standard InChI is InChI=1S/C21H34N6O2.HI/c1-3-23-21(27-9-6-17(7-10-27)15-19(28)22-2)25-16-18-5-4-8-24-20(18)26-11-13-29-14-12-26;/h4-5,8,17H,3,6-7,9-16H2,1-2H3,(H,22,28)(H,23,25);1H. The van der Waals surface area contributed by atoms with Gasteiger partial charge in [-0.1, -0.05) is 6.07 Å². The normalized spacial score (nSPS) is 18.0. The van der Waals surface area contributed by atoms with E-state index in [0.29, 0.717) is 18.9 Å². The van der Waals surface area contributed by atoms with Crippen molar-refractivity contribution >= 4 is 41.7 Å². The summed E-state index contributed by atoms with van der Waals surface area (Å²) in [5.41, 5.74) is 1.14. The molecule has 2 aliphatic heterocycles. The van der Waals surface area contributed by atoms with Gasteiger partial charge < -0.3 is 25.2 Å². The molecule has 3 heterocycles. The Balaban J connectivity index is 0.00000320. The number of ether oxygens (including phenoxy) is 1. The van der Waals surface area contributed by atoms with Crippen LogP contribution in [0.15, 0.2) is 23.3 Å². The molecule has 0 aliphatic carbocycles. The van der Waals surface area contributed by atoms with Crippen LogP contribution in [0.3, 0.4) is 0 Å². The van der Waals surface area contributed by atoms with Crippen LogP contribution >= 0.6 is 24.0 Å². The minimum absolute atomic E-state index is 0. The quantitative estimate of drug-likeness (QED) is 0.332. The Morgan fingerprint density at radius 2 is 2.00 bits per heavy atom. The van der Waals surface area contributed by atoms with Crippen LogP contribution in [0, 0.1) is 5.92 Å². The van der Waals surface area contributed by atoms with E-state index in [1.165, 1.54) is 0 Å². The number of aliphatic imine (C=N–C) groups is 1. The number of amides is 1. The number of nitrogens with zero attached hydrogens (tertiary/aromatic N) is 4. The first-order chi connectivity index (χ1) is 14.2. The van der Waals surface area contributed by atoms with Crippen molar-refractivity contribution in [2.75, 3.05) is 57.9 Å². The van der Waals surface area contributed by atoms with Crippen molar-refractivity contribution < 1.29 is 9.53 Å². The number of piperidine rings is 1. The molecular formula is C21H35IN6O2. The number of nitrogens with one attached hydrogen (secondary N) is 2. The molecule has 0 aromatic carbocycles. The topological polar surface area (TPSA) is 82.1 Å². The summed E-state index contributed by atoms with van der Waals surface area (Å²) in [4.78, 5) is 25.8. The minimum Gasteiger partial charge on any atom is -0.378 e.